The summed E-state index contributed by atoms with van der Waals surface area (Å²) in [6.07, 6.45) is 2.78. The first kappa shape index (κ1) is 14.9. The Morgan fingerprint density at radius 3 is 2.96 bits per heavy atom. The molecule has 1 amide bonds. The lowest BCUT2D eigenvalue weighted by Gasteiger charge is -2.44. The fraction of sp³-hybridized carbons (Fsp3) is 0.529. The van der Waals surface area contributed by atoms with Crippen LogP contribution in [0.4, 0.5) is 0 Å². The summed E-state index contributed by atoms with van der Waals surface area (Å²) in [6, 6.07) is 6.21. The highest BCUT2D eigenvalue weighted by molar-refractivity contribution is 7.13. The number of hydrogen-bond acceptors (Lipinski definition) is 5. The zero-order valence-corrected chi connectivity index (χ0v) is 14.1. The molecular formula is C17H21N3O2S. The van der Waals surface area contributed by atoms with Crippen LogP contribution in [0.25, 0.3) is 10.1 Å². The average Bonchev–Trinajstić information content (AvgIpc) is 2.98. The number of carbonyl (C=O) groups is 1. The minimum Gasteiger partial charge on any atom is -0.497 e. The molecule has 0 radical (unpaired) electrons. The predicted molar refractivity (Wildman–Crippen MR) is 91.0 cm³/mol. The maximum Gasteiger partial charge on any atom is 0.226 e. The van der Waals surface area contributed by atoms with E-state index < -0.39 is 0 Å². The predicted octanol–water partition coefficient (Wildman–Crippen LogP) is 2.06. The summed E-state index contributed by atoms with van der Waals surface area (Å²) in [7, 11) is 1.66. The summed E-state index contributed by atoms with van der Waals surface area (Å²) in [6.45, 7) is 3.39. The Morgan fingerprint density at radius 2 is 2.26 bits per heavy atom. The van der Waals surface area contributed by atoms with Gasteiger partial charge in [-0.3, -0.25) is 4.79 Å². The first-order valence-corrected chi connectivity index (χ1v) is 8.94. The molecule has 1 N–H and O–H groups in total. The Hall–Kier alpha value is -1.66. The number of fused-ring (bicyclic) bond motifs is 4. The summed E-state index contributed by atoms with van der Waals surface area (Å²) in [5.41, 5.74) is 0.867. The maximum atomic E-state index is 12.4. The van der Waals surface area contributed by atoms with Gasteiger partial charge in [0.1, 0.15) is 5.75 Å². The third-order valence-electron chi connectivity index (χ3n) is 5.08. The molecule has 0 unspecified atom stereocenters. The van der Waals surface area contributed by atoms with Gasteiger partial charge >= 0.3 is 0 Å². The number of aromatic nitrogens is 1. The molecule has 0 saturated carbocycles. The molecule has 1 aromatic carbocycles. The van der Waals surface area contributed by atoms with Crippen molar-refractivity contribution in [2.24, 2.45) is 5.92 Å². The molecule has 5 nitrogen and oxygen atoms in total. The van der Waals surface area contributed by atoms with Crippen molar-refractivity contribution in [3.8, 4) is 5.75 Å². The molecule has 3 saturated heterocycles. The van der Waals surface area contributed by atoms with Crippen molar-refractivity contribution >= 4 is 27.5 Å². The van der Waals surface area contributed by atoms with Gasteiger partial charge in [0, 0.05) is 18.0 Å². The van der Waals surface area contributed by atoms with Crippen LogP contribution in [0.3, 0.4) is 0 Å². The molecule has 6 heteroatoms. The first-order chi connectivity index (χ1) is 11.2. The number of methoxy groups -OCH3 is 1. The second-order valence-electron chi connectivity index (χ2n) is 6.48. The third kappa shape index (κ3) is 2.93. The van der Waals surface area contributed by atoms with E-state index in [0.717, 1.165) is 28.1 Å². The van der Waals surface area contributed by atoms with Crippen LogP contribution in [0, 0.1) is 5.92 Å². The van der Waals surface area contributed by atoms with E-state index in [1.165, 1.54) is 37.5 Å². The number of nitrogens with one attached hydrogen (secondary N) is 1. The topological polar surface area (TPSA) is 54.5 Å². The van der Waals surface area contributed by atoms with Crippen LogP contribution in [0.2, 0.25) is 0 Å². The third-order valence-corrected chi connectivity index (χ3v) is 5.93. The van der Waals surface area contributed by atoms with E-state index in [4.69, 9.17) is 4.74 Å². The van der Waals surface area contributed by atoms with Crippen LogP contribution < -0.4 is 10.1 Å². The molecule has 3 aliphatic rings. The fourth-order valence-corrected chi connectivity index (χ4v) is 4.59. The maximum absolute atomic E-state index is 12.4. The first-order valence-electron chi connectivity index (χ1n) is 8.17. The molecule has 122 valence electrons. The summed E-state index contributed by atoms with van der Waals surface area (Å²) in [4.78, 5) is 14.9. The molecule has 0 spiro atoms. The van der Waals surface area contributed by atoms with Crippen molar-refractivity contribution in [3.63, 3.8) is 0 Å². The van der Waals surface area contributed by atoms with Crippen LogP contribution in [-0.2, 0) is 11.2 Å². The molecule has 5 rings (SSSR count). The second-order valence-corrected chi connectivity index (χ2v) is 7.29. The lowest BCUT2D eigenvalue weighted by atomic mass is 9.84. The number of hydrogen-bond donors (Lipinski definition) is 1. The van der Waals surface area contributed by atoms with E-state index in [1.54, 1.807) is 7.11 Å². The molecule has 1 aromatic heterocycles. The van der Waals surface area contributed by atoms with E-state index in [-0.39, 0.29) is 5.91 Å². The van der Waals surface area contributed by atoms with Crippen LogP contribution in [0.15, 0.2) is 18.2 Å². The highest BCUT2D eigenvalue weighted by atomic mass is 32.1. The average molecular weight is 331 g/mol. The van der Waals surface area contributed by atoms with Gasteiger partial charge in [-0.05, 0) is 61.6 Å². The van der Waals surface area contributed by atoms with Crippen molar-refractivity contribution in [2.45, 2.75) is 25.3 Å². The summed E-state index contributed by atoms with van der Waals surface area (Å²) in [5, 5.41) is 4.29. The quantitative estimate of drug-likeness (QED) is 0.932. The number of nitrogens with zero attached hydrogens (tertiary/aromatic N) is 2. The SMILES string of the molecule is COc1ccc2c(CC(=O)N[C@@H]3CN4CCC3CC4)nsc2c1. The molecule has 0 aliphatic carbocycles. The van der Waals surface area contributed by atoms with E-state index in [1.807, 2.05) is 18.2 Å². The molecule has 1 atom stereocenters. The van der Waals surface area contributed by atoms with Gasteiger partial charge in [0.05, 0.1) is 23.9 Å². The van der Waals surface area contributed by atoms with E-state index in [2.05, 4.69) is 14.6 Å². The summed E-state index contributed by atoms with van der Waals surface area (Å²) in [5.74, 6) is 1.57. The summed E-state index contributed by atoms with van der Waals surface area (Å²) < 4.78 is 10.8. The molecule has 2 aromatic rings. The van der Waals surface area contributed by atoms with Gasteiger partial charge in [0.15, 0.2) is 0 Å². The van der Waals surface area contributed by atoms with Crippen LogP contribution in [0.1, 0.15) is 18.5 Å². The van der Waals surface area contributed by atoms with Crippen LogP contribution in [-0.4, -0.2) is 48.0 Å². The minimum atomic E-state index is 0.0896. The Balaban J connectivity index is 1.44. The molecule has 4 heterocycles. The van der Waals surface area contributed by atoms with Crippen molar-refractivity contribution in [2.75, 3.05) is 26.7 Å². The lowest BCUT2D eigenvalue weighted by Crippen LogP contribution is -2.57. The fourth-order valence-electron chi connectivity index (χ4n) is 3.76. The smallest absolute Gasteiger partial charge is 0.226 e. The zero-order chi connectivity index (χ0) is 15.8. The van der Waals surface area contributed by atoms with Gasteiger partial charge < -0.3 is 15.0 Å². The van der Waals surface area contributed by atoms with Crippen molar-refractivity contribution < 1.29 is 9.53 Å². The molecular weight excluding hydrogens is 310 g/mol. The Kier molecular flexibility index (Phi) is 3.95. The Bertz CT molecular complexity index is 722. The zero-order valence-electron chi connectivity index (χ0n) is 13.2. The Morgan fingerprint density at radius 1 is 1.43 bits per heavy atom. The van der Waals surface area contributed by atoms with Crippen LogP contribution in [0.5, 0.6) is 5.75 Å². The minimum absolute atomic E-state index is 0.0896. The van der Waals surface area contributed by atoms with E-state index >= 15 is 0 Å². The molecule has 23 heavy (non-hydrogen) atoms. The number of rotatable bonds is 4. The summed E-state index contributed by atoms with van der Waals surface area (Å²) >= 11 is 1.43. The van der Waals surface area contributed by atoms with Gasteiger partial charge in [-0.25, -0.2) is 0 Å². The van der Waals surface area contributed by atoms with Crippen LogP contribution >= 0.6 is 11.5 Å². The molecule has 2 bridgehead atoms. The largest absolute Gasteiger partial charge is 0.497 e. The number of piperidine rings is 3. The molecule has 3 aliphatic heterocycles. The second kappa shape index (κ2) is 6.09. The number of benzene rings is 1. The highest BCUT2D eigenvalue weighted by Gasteiger charge is 2.34. The number of carbonyl (C=O) groups excluding carboxylic acids is 1. The monoisotopic (exact) mass is 331 g/mol. The van der Waals surface area contributed by atoms with Gasteiger partial charge in [0.2, 0.25) is 5.91 Å². The van der Waals surface area contributed by atoms with Crippen molar-refractivity contribution in [3.05, 3.63) is 23.9 Å². The molecule has 3 fully saturated rings. The van der Waals surface area contributed by atoms with E-state index in [9.17, 15) is 4.79 Å². The van der Waals surface area contributed by atoms with Crippen molar-refractivity contribution in [1.29, 1.82) is 0 Å². The highest BCUT2D eigenvalue weighted by Crippen LogP contribution is 2.29. The normalized spacial score (nSPS) is 26.4. The number of amides is 1. The van der Waals surface area contributed by atoms with Gasteiger partial charge in [-0.2, -0.15) is 4.37 Å². The van der Waals surface area contributed by atoms with E-state index in [0.29, 0.717) is 18.4 Å². The Labute approximate surface area is 139 Å². The van der Waals surface area contributed by atoms with Gasteiger partial charge in [-0.15, -0.1) is 0 Å². The number of ether oxygens (including phenoxy) is 1. The standard InChI is InChI=1S/C17H21N3O2S/c1-22-12-2-3-13-14(19-23-16(13)8-12)9-17(21)18-15-10-20-6-4-11(15)5-7-20/h2-3,8,11,15H,4-7,9-10H2,1H3,(H,18,21)/t15-/m1/s1. The van der Waals surface area contributed by atoms with Gasteiger partial charge in [0.25, 0.3) is 0 Å². The van der Waals surface area contributed by atoms with Gasteiger partial charge in [-0.1, -0.05) is 0 Å². The van der Waals surface area contributed by atoms with Crippen molar-refractivity contribution in [1.82, 2.24) is 14.6 Å². The lowest BCUT2D eigenvalue weighted by molar-refractivity contribution is -0.122.